The molecule has 0 aliphatic carbocycles. The lowest BCUT2D eigenvalue weighted by molar-refractivity contribution is -0.122. The number of carbonyl (C=O) groups is 1. The van der Waals surface area contributed by atoms with Crippen LogP contribution in [0.2, 0.25) is 0 Å². The molecule has 0 fully saturated rings. The van der Waals surface area contributed by atoms with Crippen LogP contribution in [-0.4, -0.2) is 15.5 Å². The van der Waals surface area contributed by atoms with E-state index < -0.39 is 11.2 Å². The van der Waals surface area contributed by atoms with Gasteiger partial charge in [-0.05, 0) is 35.9 Å². The van der Waals surface area contributed by atoms with Gasteiger partial charge in [0.15, 0.2) is 0 Å². The number of hydrogen-bond donors (Lipinski definition) is 2. The zero-order valence-corrected chi connectivity index (χ0v) is 15.5. The number of thiophene rings is 1. The van der Waals surface area contributed by atoms with Crippen LogP contribution in [0.25, 0.3) is 10.9 Å². The van der Waals surface area contributed by atoms with Crippen LogP contribution in [0.4, 0.5) is 0 Å². The molecule has 2 aromatic heterocycles. The van der Waals surface area contributed by atoms with Crippen molar-refractivity contribution in [2.24, 2.45) is 5.92 Å². The van der Waals surface area contributed by atoms with Gasteiger partial charge in [0.05, 0.1) is 16.9 Å². The summed E-state index contributed by atoms with van der Waals surface area (Å²) >= 11 is 1.58. The van der Waals surface area contributed by atoms with E-state index in [1.807, 2.05) is 17.5 Å². The Hall–Kier alpha value is -2.67. The molecule has 0 saturated carbocycles. The molecule has 0 saturated heterocycles. The smallest absolute Gasteiger partial charge is 0.329 e. The summed E-state index contributed by atoms with van der Waals surface area (Å²) in [5, 5.41) is 5.31. The van der Waals surface area contributed by atoms with Crippen molar-refractivity contribution in [1.29, 1.82) is 0 Å². The topological polar surface area (TPSA) is 84.0 Å². The van der Waals surface area contributed by atoms with Gasteiger partial charge in [-0.15, -0.1) is 11.3 Å². The largest absolute Gasteiger partial charge is 0.347 e. The Kier molecular flexibility index (Phi) is 5.37. The number of aromatic nitrogens is 2. The van der Waals surface area contributed by atoms with Gasteiger partial charge in [0.25, 0.3) is 5.56 Å². The van der Waals surface area contributed by atoms with Crippen LogP contribution in [-0.2, 0) is 11.3 Å². The van der Waals surface area contributed by atoms with Gasteiger partial charge in [-0.1, -0.05) is 32.0 Å². The zero-order valence-electron chi connectivity index (χ0n) is 14.7. The molecular formula is C19H21N3O3S. The summed E-state index contributed by atoms with van der Waals surface area (Å²) in [6.45, 7) is 3.87. The summed E-state index contributed by atoms with van der Waals surface area (Å²) < 4.78 is 0.943. The number of carbonyl (C=O) groups excluding carboxylic acids is 1. The Morgan fingerprint density at radius 3 is 2.65 bits per heavy atom. The van der Waals surface area contributed by atoms with E-state index in [2.05, 4.69) is 24.1 Å². The molecule has 26 heavy (non-hydrogen) atoms. The molecule has 0 bridgehead atoms. The molecule has 3 aromatic rings. The SMILES string of the molecule is CC(C)CC(NC(=O)Cn1c(=O)[nH]c2ccccc2c1=O)c1cccs1. The molecule has 1 unspecified atom stereocenters. The molecule has 0 spiro atoms. The Morgan fingerprint density at radius 1 is 1.19 bits per heavy atom. The first-order valence-electron chi connectivity index (χ1n) is 8.50. The third kappa shape index (κ3) is 3.94. The summed E-state index contributed by atoms with van der Waals surface area (Å²) in [6, 6.07) is 10.6. The van der Waals surface area contributed by atoms with E-state index in [0.29, 0.717) is 16.8 Å². The third-order valence-electron chi connectivity index (χ3n) is 4.12. The summed E-state index contributed by atoms with van der Waals surface area (Å²) in [6.07, 6.45) is 0.787. The highest BCUT2D eigenvalue weighted by Crippen LogP contribution is 2.25. The lowest BCUT2D eigenvalue weighted by Gasteiger charge is -2.19. The minimum Gasteiger partial charge on any atom is -0.347 e. The fourth-order valence-electron chi connectivity index (χ4n) is 2.93. The fourth-order valence-corrected chi connectivity index (χ4v) is 3.72. The first kappa shape index (κ1) is 18.1. The van der Waals surface area contributed by atoms with E-state index in [1.54, 1.807) is 35.6 Å². The van der Waals surface area contributed by atoms with Crippen LogP contribution in [0.5, 0.6) is 0 Å². The Labute approximate surface area is 154 Å². The molecule has 2 heterocycles. The van der Waals surface area contributed by atoms with E-state index in [0.717, 1.165) is 15.9 Å². The van der Waals surface area contributed by atoms with Crippen molar-refractivity contribution in [2.75, 3.05) is 0 Å². The first-order chi connectivity index (χ1) is 12.5. The number of H-pyrrole nitrogens is 1. The van der Waals surface area contributed by atoms with E-state index in [4.69, 9.17) is 0 Å². The number of fused-ring (bicyclic) bond motifs is 1. The molecule has 1 amide bonds. The highest BCUT2D eigenvalue weighted by atomic mass is 32.1. The number of nitrogens with zero attached hydrogens (tertiary/aromatic N) is 1. The summed E-state index contributed by atoms with van der Waals surface area (Å²) in [4.78, 5) is 41.0. The maximum Gasteiger partial charge on any atom is 0.329 e. The predicted octanol–water partition coefficient (Wildman–Crippen LogP) is 2.65. The van der Waals surface area contributed by atoms with Crippen molar-refractivity contribution in [3.8, 4) is 0 Å². The van der Waals surface area contributed by atoms with E-state index >= 15 is 0 Å². The second kappa shape index (κ2) is 7.70. The van der Waals surface area contributed by atoms with Gasteiger partial charge in [-0.25, -0.2) is 4.79 Å². The quantitative estimate of drug-likeness (QED) is 0.699. The van der Waals surface area contributed by atoms with Gasteiger partial charge in [-0.2, -0.15) is 0 Å². The third-order valence-corrected chi connectivity index (χ3v) is 5.11. The van der Waals surface area contributed by atoms with Crippen LogP contribution in [0.1, 0.15) is 31.2 Å². The van der Waals surface area contributed by atoms with Crippen molar-refractivity contribution >= 4 is 28.1 Å². The highest BCUT2D eigenvalue weighted by molar-refractivity contribution is 7.10. The van der Waals surface area contributed by atoms with E-state index in [1.165, 1.54) is 0 Å². The number of para-hydroxylation sites is 1. The van der Waals surface area contributed by atoms with E-state index in [9.17, 15) is 14.4 Å². The normalized spacial score (nSPS) is 12.4. The summed E-state index contributed by atoms with van der Waals surface area (Å²) in [5.41, 5.74) is -0.577. The van der Waals surface area contributed by atoms with Gasteiger partial charge in [-0.3, -0.25) is 14.2 Å². The Balaban J connectivity index is 1.84. The van der Waals surface area contributed by atoms with Crippen LogP contribution in [0.3, 0.4) is 0 Å². The molecule has 136 valence electrons. The van der Waals surface area contributed by atoms with Crippen LogP contribution >= 0.6 is 11.3 Å². The van der Waals surface area contributed by atoms with Crippen molar-refractivity contribution < 1.29 is 4.79 Å². The molecule has 0 aliphatic heterocycles. The summed E-state index contributed by atoms with van der Waals surface area (Å²) in [5.74, 6) is 0.0427. The summed E-state index contributed by atoms with van der Waals surface area (Å²) in [7, 11) is 0. The lowest BCUT2D eigenvalue weighted by atomic mass is 10.0. The van der Waals surface area contributed by atoms with E-state index in [-0.39, 0.29) is 18.5 Å². The van der Waals surface area contributed by atoms with Gasteiger partial charge in [0.1, 0.15) is 6.54 Å². The molecule has 7 heteroatoms. The monoisotopic (exact) mass is 371 g/mol. The van der Waals surface area contributed by atoms with Crippen molar-refractivity contribution in [3.05, 3.63) is 67.5 Å². The number of amides is 1. The number of rotatable bonds is 6. The highest BCUT2D eigenvalue weighted by Gasteiger charge is 2.18. The molecule has 0 aliphatic rings. The second-order valence-corrected chi connectivity index (χ2v) is 7.61. The molecule has 6 nitrogen and oxygen atoms in total. The van der Waals surface area contributed by atoms with Gasteiger partial charge >= 0.3 is 5.69 Å². The average molecular weight is 371 g/mol. The van der Waals surface area contributed by atoms with Crippen LogP contribution < -0.4 is 16.6 Å². The lowest BCUT2D eigenvalue weighted by Crippen LogP contribution is -2.41. The number of hydrogen-bond acceptors (Lipinski definition) is 4. The van der Waals surface area contributed by atoms with Gasteiger partial charge < -0.3 is 10.3 Å². The number of aromatic amines is 1. The Bertz CT molecular complexity index is 1020. The average Bonchev–Trinajstić information content (AvgIpc) is 3.12. The Morgan fingerprint density at radius 2 is 1.96 bits per heavy atom. The maximum absolute atomic E-state index is 12.5. The van der Waals surface area contributed by atoms with Crippen LogP contribution in [0, 0.1) is 5.92 Å². The first-order valence-corrected chi connectivity index (χ1v) is 9.38. The predicted molar refractivity (Wildman–Crippen MR) is 103 cm³/mol. The standard InChI is InChI=1S/C19H21N3O3S/c1-12(2)10-15(16-8-5-9-26-16)20-17(23)11-22-18(24)13-6-3-4-7-14(13)21-19(22)25/h3-9,12,15H,10-11H2,1-2H3,(H,20,23)(H,21,25). The minimum absolute atomic E-state index is 0.127. The van der Waals surface area contributed by atoms with Gasteiger partial charge in [0, 0.05) is 4.88 Å². The molecule has 2 N–H and O–H groups in total. The van der Waals surface area contributed by atoms with Crippen molar-refractivity contribution in [2.45, 2.75) is 32.9 Å². The molecule has 1 atom stereocenters. The zero-order chi connectivity index (χ0) is 18.7. The van der Waals surface area contributed by atoms with Crippen molar-refractivity contribution in [3.63, 3.8) is 0 Å². The number of benzene rings is 1. The second-order valence-electron chi connectivity index (χ2n) is 6.63. The molecular weight excluding hydrogens is 350 g/mol. The molecule has 1 aromatic carbocycles. The van der Waals surface area contributed by atoms with Crippen LogP contribution in [0.15, 0.2) is 51.4 Å². The van der Waals surface area contributed by atoms with Gasteiger partial charge in [0.2, 0.25) is 5.91 Å². The van der Waals surface area contributed by atoms with Crippen molar-refractivity contribution in [1.82, 2.24) is 14.9 Å². The fraction of sp³-hybridized carbons (Fsp3) is 0.316. The number of nitrogens with one attached hydrogen (secondary N) is 2. The molecule has 3 rings (SSSR count). The minimum atomic E-state index is -0.583. The maximum atomic E-state index is 12.5. The molecule has 0 radical (unpaired) electrons.